The van der Waals surface area contributed by atoms with Gasteiger partial charge < -0.3 is 10.3 Å². The highest BCUT2D eigenvalue weighted by Gasteiger charge is 2.25. The van der Waals surface area contributed by atoms with Crippen LogP contribution < -0.4 is 5.32 Å². The Morgan fingerprint density at radius 2 is 2.08 bits per heavy atom. The van der Waals surface area contributed by atoms with Gasteiger partial charge in [0.05, 0.1) is 16.6 Å². The maximum absolute atomic E-state index is 12.4. The number of aromatic nitrogens is 2. The number of hydrogen-bond donors (Lipinski definition) is 2. The SMILES string of the molecule is CC(C)CC(=O)Nc1sc2c(c1-c1nc3ccccc3[nH]1)CCCC2. The number of anilines is 1. The first-order valence-electron chi connectivity index (χ1n) is 9.01. The molecule has 1 amide bonds. The Labute approximate surface area is 151 Å². The van der Waals surface area contributed by atoms with Gasteiger partial charge in [-0.15, -0.1) is 11.3 Å². The summed E-state index contributed by atoms with van der Waals surface area (Å²) in [4.78, 5) is 22.0. The van der Waals surface area contributed by atoms with E-state index in [1.54, 1.807) is 11.3 Å². The minimum absolute atomic E-state index is 0.0889. The molecule has 2 heterocycles. The van der Waals surface area contributed by atoms with Crippen molar-refractivity contribution in [3.63, 3.8) is 0 Å². The second-order valence-electron chi connectivity index (χ2n) is 7.16. The molecule has 0 bridgehead atoms. The summed E-state index contributed by atoms with van der Waals surface area (Å²) in [5.74, 6) is 1.32. The fraction of sp³-hybridized carbons (Fsp3) is 0.400. The summed E-state index contributed by atoms with van der Waals surface area (Å²) in [5, 5.41) is 4.12. The number of aromatic amines is 1. The lowest BCUT2D eigenvalue weighted by molar-refractivity contribution is -0.116. The molecule has 4 nitrogen and oxygen atoms in total. The van der Waals surface area contributed by atoms with Crippen LogP contribution in [0, 0.1) is 5.92 Å². The number of benzene rings is 1. The number of amides is 1. The van der Waals surface area contributed by atoms with Gasteiger partial charge >= 0.3 is 0 Å². The molecule has 1 aromatic carbocycles. The Kier molecular flexibility index (Phi) is 4.34. The van der Waals surface area contributed by atoms with Crippen LogP contribution >= 0.6 is 11.3 Å². The summed E-state index contributed by atoms with van der Waals surface area (Å²) in [5.41, 5.74) is 4.48. The zero-order chi connectivity index (χ0) is 17.4. The molecule has 0 unspecified atom stereocenters. The third kappa shape index (κ3) is 3.21. The number of nitrogens with one attached hydrogen (secondary N) is 2. The molecule has 4 rings (SSSR count). The molecule has 0 saturated heterocycles. The van der Waals surface area contributed by atoms with E-state index in [-0.39, 0.29) is 5.91 Å². The van der Waals surface area contributed by atoms with Gasteiger partial charge in [-0.05, 0) is 49.3 Å². The third-order valence-corrected chi connectivity index (χ3v) is 5.85. The van der Waals surface area contributed by atoms with Crippen LogP contribution in [0.15, 0.2) is 24.3 Å². The number of para-hydroxylation sites is 2. The van der Waals surface area contributed by atoms with Gasteiger partial charge in [-0.2, -0.15) is 0 Å². The summed E-state index contributed by atoms with van der Waals surface area (Å²) in [6, 6.07) is 8.08. The van der Waals surface area contributed by atoms with Crippen molar-refractivity contribution in [2.75, 3.05) is 5.32 Å². The zero-order valence-corrected chi connectivity index (χ0v) is 15.5. The Bertz CT molecular complexity index is 889. The molecule has 3 aromatic rings. The zero-order valence-electron chi connectivity index (χ0n) is 14.7. The number of fused-ring (bicyclic) bond motifs is 2. The van der Waals surface area contributed by atoms with Crippen molar-refractivity contribution >= 4 is 33.3 Å². The lowest BCUT2D eigenvalue weighted by Crippen LogP contribution is -2.13. The molecule has 0 aliphatic heterocycles. The van der Waals surface area contributed by atoms with Crippen molar-refractivity contribution in [3.05, 3.63) is 34.7 Å². The smallest absolute Gasteiger partial charge is 0.225 e. The predicted molar refractivity (Wildman–Crippen MR) is 104 cm³/mol. The van der Waals surface area contributed by atoms with Crippen LogP contribution in [-0.2, 0) is 17.6 Å². The van der Waals surface area contributed by atoms with Crippen LogP contribution in [0.2, 0.25) is 0 Å². The maximum atomic E-state index is 12.4. The van der Waals surface area contributed by atoms with Crippen molar-refractivity contribution in [3.8, 4) is 11.4 Å². The summed E-state index contributed by atoms with van der Waals surface area (Å²) in [6.07, 6.45) is 5.15. The van der Waals surface area contributed by atoms with E-state index in [9.17, 15) is 4.79 Å². The van der Waals surface area contributed by atoms with Gasteiger partial charge in [0, 0.05) is 11.3 Å². The quantitative estimate of drug-likeness (QED) is 0.681. The monoisotopic (exact) mass is 353 g/mol. The number of rotatable bonds is 4. The van der Waals surface area contributed by atoms with E-state index in [0.717, 1.165) is 40.3 Å². The molecule has 0 fully saturated rings. The van der Waals surface area contributed by atoms with Gasteiger partial charge in [-0.25, -0.2) is 4.98 Å². The van der Waals surface area contributed by atoms with Crippen LogP contribution in [0.1, 0.15) is 43.6 Å². The molecule has 1 aliphatic rings. The van der Waals surface area contributed by atoms with Crippen LogP contribution in [0.3, 0.4) is 0 Å². The lowest BCUT2D eigenvalue weighted by Gasteiger charge is -2.12. The molecule has 1 aliphatic carbocycles. The molecule has 2 aromatic heterocycles. The number of carbonyl (C=O) groups is 1. The van der Waals surface area contributed by atoms with Crippen molar-refractivity contribution in [2.24, 2.45) is 5.92 Å². The largest absolute Gasteiger partial charge is 0.338 e. The second-order valence-corrected chi connectivity index (χ2v) is 8.27. The molecule has 130 valence electrons. The number of aryl methyl sites for hydroxylation is 1. The summed E-state index contributed by atoms with van der Waals surface area (Å²) in [7, 11) is 0. The van der Waals surface area contributed by atoms with Crippen LogP contribution in [0.5, 0.6) is 0 Å². The Balaban J connectivity index is 1.78. The number of hydrogen-bond acceptors (Lipinski definition) is 3. The Morgan fingerprint density at radius 3 is 2.88 bits per heavy atom. The molecule has 5 heteroatoms. The maximum Gasteiger partial charge on any atom is 0.225 e. The number of imidazole rings is 1. The summed E-state index contributed by atoms with van der Waals surface area (Å²) < 4.78 is 0. The molecular weight excluding hydrogens is 330 g/mol. The molecule has 0 atom stereocenters. The van der Waals surface area contributed by atoms with Gasteiger partial charge in [0.25, 0.3) is 0 Å². The Hall–Kier alpha value is -2.14. The highest BCUT2D eigenvalue weighted by Crippen LogP contribution is 2.43. The number of H-pyrrole nitrogens is 1. The summed E-state index contributed by atoms with van der Waals surface area (Å²) in [6.45, 7) is 4.14. The van der Waals surface area contributed by atoms with E-state index in [0.29, 0.717) is 12.3 Å². The van der Waals surface area contributed by atoms with E-state index >= 15 is 0 Å². The first-order chi connectivity index (χ1) is 12.1. The number of carbonyl (C=O) groups excluding carboxylic acids is 1. The van der Waals surface area contributed by atoms with Gasteiger partial charge in [0.1, 0.15) is 10.8 Å². The van der Waals surface area contributed by atoms with E-state index in [2.05, 4.69) is 24.1 Å². The van der Waals surface area contributed by atoms with Gasteiger partial charge in [0.15, 0.2) is 0 Å². The minimum atomic E-state index is 0.0889. The highest BCUT2D eigenvalue weighted by atomic mass is 32.1. The molecule has 25 heavy (non-hydrogen) atoms. The second kappa shape index (κ2) is 6.64. The highest BCUT2D eigenvalue weighted by molar-refractivity contribution is 7.17. The van der Waals surface area contributed by atoms with Crippen molar-refractivity contribution in [1.82, 2.24) is 9.97 Å². The van der Waals surface area contributed by atoms with E-state index in [1.807, 2.05) is 24.3 Å². The predicted octanol–water partition coefficient (Wildman–Crippen LogP) is 5.15. The standard InChI is InChI=1S/C20H23N3OS/c1-12(2)11-17(24)23-20-18(13-7-3-6-10-16(13)25-20)19-21-14-8-4-5-9-15(14)22-19/h4-5,8-9,12H,3,6-7,10-11H2,1-2H3,(H,21,22)(H,23,24). The summed E-state index contributed by atoms with van der Waals surface area (Å²) >= 11 is 1.73. The minimum Gasteiger partial charge on any atom is -0.338 e. The van der Waals surface area contributed by atoms with Crippen LogP contribution in [0.25, 0.3) is 22.4 Å². The van der Waals surface area contributed by atoms with E-state index < -0.39 is 0 Å². The van der Waals surface area contributed by atoms with Gasteiger partial charge in [-0.3, -0.25) is 4.79 Å². The van der Waals surface area contributed by atoms with Gasteiger partial charge in [-0.1, -0.05) is 26.0 Å². The third-order valence-electron chi connectivity index (χ3n) is 4.64. The average Bonchev–Trinajstić information content (AvgIpc) is 3.13. The van der Waals surface area contributed by atoms with E-state index in [4.69, 9.17) is 4.98 Å². The molecule has 0 radical (unpaired) electrons. The number of thiophene rings is 1. The topological polar surface area (TPSA) is 57.8 Å². The first kappa shape index (κ1) is 16.3. The van der Waals surface area contributed by atoms with Crippen molar-refractivity contribution in [1.29, 1.82) is 0 Å². The lowest BCUT2D eigenvalue weighted by atomic mass is 9.95. The molecule has 0 spiro atoms. The van der Waals surface area contributed by atoms with E-state index in [1.165, 1.54) is 23.3 Å². The average molecular weight is 353 g/mol. The van der Waals surface area contributed by atoms with Crippen LogP contribution in [-0.4, -0.2) is 15.9 Å². The van der Waals surface area contributed by atoms with Crippen molar-refractivity contribution < 1.29 is 4.79 Å². The first-order valence-corrected chi connectivity index (χ1v) is 9.83. The van der Waals surface area contributed by atoms with Crippen LogP contribution in [0.4, 0.5) is 5.00 Å². The number of nitrogens with zero attached hydrogens (tertiary/aromatic N) is 1. The van der Waals surface area contributed by atoms with Crippen molar-refractivity contribution in [2.45, 2.75) is 46.0 Å². The molecule has 0 saturated carbocycles. The molecular formula is C20H23N3OS. The fourth-order valence-corrected chi connectivity index (χ4v) is 4.83. The Morgan fingerprint density at radius 1 is 1.28 bits per heavy atom. The normalized spacial score (nSPS) is 14.0. The van der Waals surface area contributed by atoms with Gasteiger partial charge in [0.2, 0.25) is 5.91 Å². The fourth-order valence-electron chi connectivity index (χ4n) is 3.52. The molecule has 2 N–H and O–H groups in total.